The number of aromatic nitrogens is 2. The zero-order valence-electron chi connectivity index (χ0n) is 14.1. The highest BCUT2D eigenvalue weighted by Crippen LogP contribution is 2.34. The molecule has 0 saturated carbocycles. The Morgan fingerprint density at radius 3 is 2.48 bits per heavy atom. The van der Waals surface area contributed by atoms with Gasteiger partial charge in [0, 0.05) is 22.8 Å². The Hall–Kier alpha value is -2.61. The van der Waals surface area contributed by atoms with E-state index < -0.39 is 17.8 Å². The Morgan fingerprint density at radius 2 is 1.89 bits per heavy atom. The van der Waals surface area contributed by atoms with Gasteiger partial charge in [0.15, 0.2) is 5.69 Å². The van der Waals surface area contributed by atoms with Crippen molar-refractivity contribution < 1.29 is 22.7 Å². The molecular weight excluding hydrogens is 425 g/mol. The third kappa shape index (κ3) is 4.21. The molecule has 1 heterocycles. The lowest BCUT2D eigenvalue weighted by molar-refractivity contribution is -0.140. The van der Waals surface area contributed by atoms with Crippen molar-refractivity contribution in [2.24, 2.45) is 0 Å². The first-order valence-electron chi connectivity index (χ1n) is 7.86. The number of nitrogens with zero attached hydrogens (tertiary/aromatic N) is 2. The molecule has 140 valence electrons. The smallest absolute Gasteiger partial charge is 0.434 e. The molecule has 0 aliphatic rings. The van der Waals surface area contributed by atoms with E-state index in [1.807, 2.05) is 30.3 Å². The van der Waals surface area contributed by atoms with Gasteiger partial charge >= 0.3 is 12.1 Å². The highest BCUT2D eigenvalue weighted by atomic mass is 79.9. The van der Waals surface area contributed by atoms with E-state index in [0.717, 1.165) is 11.8 Å². The van der Waals surface area contributed by atoms with Gasteiger partial charge in [-0.05, 0) is 23.8 Å². The number of benzene rings is 2. The molecule has 0 radical (unpaired) electrons. The maximum atomic E-state index is 13.2. The van der Waals surface area contributed by atoms with E-state index in [0.29, 0.717) is 10.0 Å². The van der Waals surface area contributed by atoms with Crippen LogP contribution in [0.15, 0.2) is 59.2 Å². The van der Waals surface area contributed by atoms with Gasteiger partial charge < -0.3 is 9.30 Å². The van der Waals surface area contributed by atoms with Crippen LogP contribution in [0.25, 0.3) is 11.4 Å². The van der Waals surface area contributed by atoms with Crippen LogP contribution in [-0.4, -0.2) is 22.6 Å². The molecule has 0 aliphatic heterocycles. The monoisotopic (exact) mass is 438 g/mol. The second kappa shape index (κ2) is 7.56. The molecule has 27 heavy (non-hydrogen) atoms. The normalized spacial score (nSPS) is 11.4. The van der Waals surface area contributed by atoms with E-state index in [1.165, 1.54) is 23.8 Å². The molecule has 0 atom stereocenters. The topological polar surface area (TPSA) is 44.1 Å². The average Bonchev–Trinajstić information content (AvgIpc) is 3.05. The predicted octanol–water partition coefficient (Wildman–Crippen LogP) is 5.17. The van der Waals surface area contributed by atoms with E-state index in [-0.39, 0.29) is 17.9 Å². The highest BCUT2D eigenvalue weighted by Gasteiger charge is 2.35. The summed E-state index contributed by atoms with van der Waals surface area (Å²) in [5.41, 5.74) is 0.587. The second-order valence-electron chi connectivity index (χ2n) is 5.75. The van der Waals surface area contributed by atoms with Crippen molar-refractivity contribution in [1.29, 1.82) is 0 Å². The number of hydrogen-bond acceptors (Lipinski definition) is 3. The molecule has 2 aromatic carbocycles. The summed E-state index contributed by atoms with van der Waals surface area (Å²) >= 11 is 3.32. The third-order valence-corrected chi connectivity index (χ3v) is 4.55. The van der Waals surface area contributed by atoms with Crippen LogP contribution in [0.3, 0.4) is 0 Å². The number of carbonyl (C=O) groups excluding carboxylic acids is 1. The summed E-state index contributed by atoms with van der Waals surface area (Å²) in [5.74, 6) is -0.389. The van der Waals surface area contributed by atoms with E-state index in [1.54, 1.807) is 6.07 Å². The van der Waals surface area contributed by atoms with Gasteiger partial charge in [0.25, 0.3) is 0 Å². The van der Waals surface area contributed by atoms with Gasteiger partial charge in [0.2, 0.25) is 0 Å². The number of esters is 1. The SMILES string of the molecule is COC(=O)c1ccc(-c2nc(C(F)(F)F)cn2Cc2ccccc2)c(Br)c1. The Kier molecular flexibility index (Phi) is 5.36. The van der Waals surface area contributed by atoms with E-state index in [2.05, 4.69) is 25.7 Å². The molecule has 4 nitrogen and oxygen atoms in total. The van der Waals surface area contributed by atoms with Crippen LogP contribution in [0.4, 0.5) is 13.2 Å². The van der Waals surface area contributed by atoms with Gasteiger partial charge in [-0.1, -0.05) is 46.3 Å². The van der Waals surface area contributed by atoms with Crippen molar-refractivity contribution in [2.45, 2.75) is 12.7 Å². The minimum atomic E-state index is -4.56. The quantitative estimate of drug-likeness (QED) is 0.528. The molecule has 0 N–H and O–H groups in total. The summed E-state index contributed by atoms with van der Waals surface area (Å²) < 4.78 is 46.2. The van der Waals surface area contributed by atoms with Crippen LogP contribution in [0, 0.1) is 0 Å². The van der Waals surface area contributed by atoms with Crippen molar-refractivity contribution in [1.82, 2.24) is 9.55 Å². The number of halogens is 4. The molecule has 3 aromatic rings. The van der Waals surface area contributed by atoms with Gasteiger partial charge in [0.1, 0.15) is 5.82 Å². The number of carbonyl (C=O) groups is 1. The summed E-state index contributed by atoms with van der Waals surface area (Å²) in [4.78, 5) is 15.4. The maximum absolute atomic E-state index is 13.2. The van der Waals surface area contributed by atoms with Crippen LogP contribution in [0.2, 0.25) is 0 Å². The number of hydrogen-bond donors (Lipinski definition) is 0. The molecule has 0 fully saturated rings. The van der Waals surface area contributed by atoms with Crippen molar-refractivity contribution in [3.63, 3.8) is 0 Å². The maximum Gasteiger partial charge on any atom is 0.434 e. The van der Waals surface area contributed by atoms with Gasteiger partial charge in [0.05, 0.1) is 12.7 Å². The Balaban J connectivity index is 2.08. The molecule has 0 saturated heterocycles. The minimum Gasteiger partial charge on any atom is -0.465 e. The van der Waals surface area contributed by atoms with E-state index in [9.17, 15) is 18.0 Å². The van der Waals surface area contributed by atoms with Crippen molar-refractivity contribution in [3.05, 3.63) is 76.0 Å². The molecule has 0 bridgehead atoms. The zero-order chi connectivity index (χ0) is 19.6. The molecule has 0 unspecified atom stereocenters. The van der Waals surface area contributed by atoms with Crippen LogP contribution in [-0.2, 0) is 17.5 Å². The number of ether oxygens (including phenoxy) is 1. The molecule has 8 heteroatoms. The first-order chi connectivity index (χ1) is 12.8. The van der Waals surface area contributed by atoms with Crippen LogP contribution >= 0.6 is 15.9 Å². The van der Waals surface area contributed by atoms with Gasteiger partial charge in [-0.25, -0.2) is 9.78 Å². The fourth-order valence-electron chi connectivity index (χ4n) is 2.61. The Labute approximate surface area is 161 Å². The second-order valence-corrected chi connectivity index (χ2v) is 6.60. The first kappa shape index (κ1) is 19.2. The molecule has 0 spiro atoms. The van der Waals surface area contributed by atoms with Crippen molar-refractivity contribution >= 4 is 21.9 Å². The summed E-state index contributed by atoms with van der Waals surface area (Å²) in [6, 6.07) is 13.6. The zero-order valence-corrected chi connectivity index (χ0v) is 15.7. The number of methoxy groups -OCH3 is 1. The summed E-state index contributed by atoms with van der Waals surface area (Å²) in [7, 11) is 1.26. The molecule has 1 aromatic heterocycles. The average molecular weight is 439 g/mol. The fourth-order valence-corrected chi connectivity index (χ4v) is 3.17. The molecular formula is C19H14BrF3N2O2. The van der Waals surface area contributed by atoms with Crippen LogP contribution < -0.4 is 0 Å². The Bertz CT molecular complexity index is 969. The third-order valence-electron chi connectivity index (χ3n) is 3.89. The van der Waals surface area contributed by atoms with Gasteiger partial charge in [-0.2, -0.15) is 13.2 Å². The number of alkyl halides is 3. The fraction of sp³-hybridized carbons (Fsp3) is 0.158. The predicted molar refractivity (Wildman–Crippen MR) is 97.2 cm³/mol. The summed E-state index contributed by atoms with van der Waals surface area (Å²) in [6.07, 6.45) is -3.57. The Morgan fingerprint density at radius 1 is 1.19 bits per heavy atom. The summed E-state index contributed by atoms with van der Waals surface area (Å²) in [6.45, 7) is 0.227. The first-order valence-corrected chi connectivity index (χ1v) is 8.65. The lowest BCUT2D eigenvalue weighted by Crippen LogP contribution is -2.05. The van der Waals surface area contributed by atoms with Crippen molar-refractivity contribution in [2.75, 3.05) is 7.11 Å². The molecule has 3 rings (SSSR count). The van der Waals surface area contributed by atoms with E-state index >= 15 is 0 Å². The van der Waals surface area contributed by atoms with Gasteiger partial charge in [-0.15, -0.1) is 0 Å². The number of imidazole rings is 1. The standard InChI is InChI=1S/C19H14BrF3N2O2/c1-27-18(26)13-7-8-14(15(20)9-13)17-24-16(19(21,22)23)11-25(17)10-12-5-3-2-4-6-12/h2-9,11H,10H2,1H3. The lowest BCUT2D eigenvalue weighted by Gasteiger charge is -2.10. The summed E-state index contributed by atoms with van der Waals surface area (Å²) in [5, 5.41) is 0. The van der Waals surface area contributed by atoms with Crippen molar-refractivity contribution in [3.8, 4) is 11.4 Å². The lowest BCUT2D eigenvalue weighted by atomic mass is 10.1. The molecule has 0 aliphatic carbocycles. The van der Waals surface area contributed by atoms with Crippen LogP contribution in [0.5, 0.6) is 0 Å². The van der Waals surface area contributed by atoms with Gasteiger partial charge in [-0.3, -0.25) is 0 Å². The largest absolute Gasteiger partial charge is 0.465 e. The number of rotatable bonds is 4. The van der Waals surface area contributed by atoms with Crippen LogP contribution in [0.1, 0.15) is 21.6 Å². The highest BCUT2D eigenvalue weighted by molar-refractivity contribution is 9.10. The minimum absolute atomic E-state index is 0.148. The molecule has 0 amide bonds. The van der Waals surface area contributed by atoms with E-state index in [4.69, 9.17) is 0 Å².